The second kappa shape index (κ2) is 12.4. The number of nitrogens with zero attached hydrogens (tertiary/aromatic N) is 2. The molecule has 2 rings (SSSR count). The van der Waals surface area contributed by atoms with Gasteiger partial charge in [0.1, 0.15) is 0 Å². The Morgan fingerprint density at radius 1 is 1.00 bits per heavy atom. The second-order valence-electron chi connectivity index (χ2n) is 5.72. The highest BCUT2D eigenvalue weighted by Crippen LogP contribution is 2.40. The minimum Gasteiger partial charge on any atom is -0.493 e. The number of methoxy groups -OCH3 is 4. The Kier molecular flexibility index (Phi) is 2.47. The number of hydrogen-bond acceptors (Lipinski definition) is 6. The molecule has 0 aromatic heterocycles. The van der Waals surface area contributed by atoms with Crippen molar-refractivity contribution in [1.82, 2.24) is 4.90 Å². The highest BCUT2D eigenvalue weighted by Gasteiger charge is 2.36. The van der Waals surface area contributed by atoms with Crippen molar-refractivity contribution in [2.75, 3.05) is 48.3 Å². The summed E-state index contributed by atoms with van der Waals surface area (Å²) in [6.45, 7) is -23.2. The molecule has 0 heterocycles. The van der Waals surface area contributed by atoms with Gasteiger partial charge < -0.3 is 23.8 Å². The largest absolute Gasteiger partial charge is 0.493 e. The molecule has 0 aliphatic rings. The van der Waals surface area contributed by atoms with E-state index < -0.39 is 153 Å². The fourth-order valence-electron chi connectivity index (χ4n) is 2.20. The van der Waals surface area contributed by atoms with Gasteiger partial charge in [0.2, 0.25) is 0 Å². The van der Waals surface area contributed by atoms with E-state index in [9.17, 15) is 8.00 Å². The molecule has 0 aliphatic carbocycles. The molecule has 0 aliphatic heterocycles. The van der Waals surface area contributed by atoms with Crippen LogP contribution >= 0.6 is 0 Å². The molecule has 6 nitrogen and oxygen atoms in total. The van der Waals surface area contributed by atoms with Crippen molar-refractivity contribution in [2.24, 2.45) is 5.92 Å². The summed E-state index contributed by atoms with van der Waals surface area (Å²) in [5.41, 5.74) is -8.44. The first-order chi connectivity index (χ1) is 28.1. The fourth-order valence-corrected chi connectivity index (χ4v) is 2.20. The van der Waals surface area contributed by atoms with Crippen molar-refractivity contribution >= 4 is 0 Å². The first-order valence-electron chi connectivity index (χ1n) is 24.1. The zero-order valence-electron chi connectivity index (χ0n) is 48.1. The quantitative estimate of drug-likeness (QED) is 0.394. The zero-order valence-corrected chi connectivity index (χ0v) is 17.1. The first-order valence-corrected chi connectivity index (χ1v) is 8.55. The summed E-state index contributed by atoms with van der Waals surface area (Å²) in [7, 11) is -5.78. The van der Waals surface area contributed by atoms with Gasteiger partial charge >= 0.3 is 0 Å². The van der Waals surface area contributed by atoms with Crippen molar-refractivity contribution in [3.63, 3.8) is 0 Å². The van der Waals surface area contributed by atoms with Gasteiger partial charge in [-0.2, -0.15) is 5.26 Å². The highest BCUT2D eigenvalue weighted by atomic mass is 16.5. The lowest BCUT2D eigenvalue weighted by Crippen LogP contribution is -2.32. The van der Waals surface area contributed by atoms with Crippen LogP contribution < -0.4 is 18.9 Å². The normalized spacial score (nSPS) is 30.7. The third-order valence-corrected chi connectivity index (χ3v) is 3.83. The summed E-state index contributed by atoms with van der Waals surface area (Å²) in [5.74, 6) is -8.90. The van der Waals surface area contributed by atoms with Crippen molar-refractivity contribution in [3.05, 3.63) is 47.4 Å². The lowest BCUT2D eigenvalue weighted by atomic mass is 9.69. The van der Waals surface area contributed by atoms with Gasteiger partial charge in [-0.3, -0.25) is 0 Å². The van der Waals surface area contributed by atoms with Gasteiger partial charge in [0, 0.05) is 32.5 Å². The Labute approximate surface area is 242 Å². The molecule has 180 valence electrons. The molecule has 0 saturated carbocycles. The Balaban J connectivity index is 3.49. The van der Waals surface area contributed by atoms with Crippen molar-refractivity contribution in [1.29, 1.82) is 5.26 Å². The lowest BCUT2D eigenvalue weighted by Gasteiger charge is -2.32. The van der Waals surface area contributed by atoms with E-state index in [1.54, 1.807) is 0 Å². The average molecular weight is 486 g/mol. The highest BCUT2D eigenvalue weighted by molar-refractivity contribution is 5.47. The number of benzene rings is 2. The number of rotatable bonds is 13. The number of nitriles is 1. The van der Waals surface area contributed by atoms with Crippen LogP contribution in [0, 0.1) is 17.2 Å². The third kappa shape index (κ3) is 6.33. The monoisotopic (exact) mass is 485 g/mol. The SMILES string of the molecule is [2H]c1c([2H])c(C([2H])([2H])C([2H])([2H])N(C([2H])([2H])[2H])C([2H])([2H])C([2H])([2H])C([2H])([2H])C(C#N)(c2c([2H])c([2H])c(OC([2H])([2H])[2H])c(OC([2H])([2H])[2H])c2[2H])C(C([2H])([2H])[2H])C([2H])([2H])[2H])c([2H])c(OC)c1OC. The molecule has 0 amide bonds. The van der Waals surface area contributed by atoms with E-state index in [1.165, 1.54) is 0 Å². The zero-order chi connectivity index (χ0) is 51.1. The van der Waals surface area contributed by atoms with E-state index in [4.69, 9.17) is 49.2 Å². The van der Waals surface area contributed by atoms with Crippen molar-refractivity contribution in [3.8, 4) is 29.1 Å². The van der Waals surface area contributed by atoms with E-state index in [1.807, 2.05) is 0 Å². The van der Waals surface area contributed by atoms with Crippen LogP contribution in [-0.2, 0) is 11.8 Å². The molecule has 6 heteroatoms. The molecule has 0 fully saturated rings. The smallest absolute Gasteiger partial charge is 0.161 e. The van der Waals surface area contributed by atoms with E-state index in [-0.39, 0.29) is 0 Å². The third-order valence-electron chi connectivity index (χ3n) is 3.83. The Bertz CT molecular complexity index is 2110. The number of likely N-dealkylation sites (N-methyl/N-ethyl adjacent to an activating group) is 1. The molecular weight excluding hydrogens is 416 g/mol. The maximum atomic E-state index is 11.0. The second-order valence-corrected chi connectivity index (χ2v) is 5.72. The maximum Gasteiger partial charge on any atom is 0.161 e. The molecule has 0 radical (unpaired) electrons. The van der Waals surface area contributed by atoms with Gasteiger partial charge in [-0.25, -0.2) is 0 Å². The molecule has 2 aromatic rings. The van der Waals surface area contributed by atoms with Gasteiger partial charge in [-0.15, -0.1) is 0 Å². The van der Waals surface area contributed by atoms with Gasteiger partial charge in [0.05, 0.1) is 56.2 Å². The van der Waals surface area contributed by atoms with Gasteiger partial charge in [-0.1, -0.05) is 25.8 Å². The number of ether oxygens (including phenoxy) is 4. The molecular formula is C27H38N2O4. The van der Waals surface area contributed by atoms with Crippen LogP contribution in [0.5, 0.6) is 23.0 Å². The van der Waals surface area contributed by atoms with Crippen LogP contribution in [0.3, 0.4) is 0 Å². The van der Waals surface area contributed by atoms with Crippen LogP contribution in [0.4, 0.5) is 0 Å². The van der Waals surface area contributed by atoms with E-state index in [0.717, 1.165) is 20.3 Å². The fraction of sp³-hybridized carbons (Fsp3) is 0.519. The minimum absolute atomic E-state index is 0.695. The van der Waals surface area contributed by atoms with Crippen molar-refractivity contribution in [2.45, 2.75) is 38.2 Å². The van der Waals surface area contributed by atoms with Gasteiger partial charge in [0.25, 0.3) is 0 Å². The van der Waals surface area contributed by atoms with Crippen LogP contribution in [0.25, 0.3) is 0 Å². The summed E-state index contributed by atoms with van der Waals surface area (Å²) in [6.07, 6.45) is -14.7. The molecule has 0 N–H and O–H groups in total. The summed E-state index contributed by atoms with van der Waals surface area (Å²) in [4.78, 5) is -1.30. The average Bonchev–Trinajstić information content (AvgIpc) is 3.06. The van der Waals surface area contributed by atoms with Crippen LogP contribution in [0.15, 0.2) is 36.3 Å². The minimum atomic E-state index is -5.21. The van der Waals surface area contributed by atoms with Gasteiger partial charge in [0.15, 0.2) is 23.0 Å². The lowest BCUT2D eigenvalue weighted by molar-refractivity contribution is 0.292. The standard InChI is InChI=1S/C27H38N2O4/c1-20(2)27(19-28,22-10-12-24(31-5)26(18-22)33-7)14-8-15-29(3)16-13-21-9-11-23(30-4)25(17-21)32-6/h9-12,17-18,20H,8,13-16H2,1-7H3/i1D3,2D3,3D3,5D3,7D3,8D2,9D,10D,11D,12D,13D2,14D2,15D2,16D2,17D,18D. The Hall–Kier alpha value is -2.91. The van der Waals surface area contributed by atoms with E-state index >= 15 is 0 Å². The summed E-state index contributed by atoms with van der Waals surface area (Å²) in [5, 5.41) is 11.0. The maximum absolute atomic E-state index is 11.0. The van der Waals surface area contributed by atoms with E-state index in [0.29, 0.717) is 0 Å². The number of hydrogen-bond donors (Lipinski definition) is 0. The summed E-state index contributed by atoms with van der Waals surface area (Å²) >= 11 is 0. The molecule has 2 aromatic carbocycles. The molecule has 33 heavy (non-hydrogen) atoms. The first kappa shape index (κ1) is 6.60. The Morgan fingerprint density at radius 3 is 2.36 bits per heavy atom. The summed E-state index contributed by atoms with van der Waals surface area (Å²) < 4.78 is 279. The van der Waals surface area contributed by atoms with Crippen LogP contribution in [0.2, 0.25) is 0 Å². The molecule has 0 spiro atoms. The van der Waals surface area contributed by atoms with Crippen molar-refractivity contribution < 1.29 is 61.4 Å². The molecule has 0 saturated heterocycles. The van der Waals surface area contributed by atoms with Gasteiger partial charge in [-0.05, 0) is 73.8 Å². The van der Waals surface area contributed by atoms with E-state index in [2.05, 4.69) is 9.47 Å². The molecule has 1 unspecified atom stereocenters. The summed E-state index contributed by atoms with van der Waals surface area (Å²) in [6, 6.07) is -8.75. The molecule has 1 atom stereocenters. The van der Waals surface area contributed by atoms with Crippen LogP contribution in [-0.4, -0.2) is 53.2 Å². The molecule has 0 bridgehead atoms. The van der Waals surface area contributed by atoms with Crippen LogP contribution in [0.1, 0.15) is 80.1 Å². The predicted octanol–water partition coefficient (Wildman–Crippen LogP) is 5.09. The topological polar surface area (TPSA) is 64.0 Å². The Morgan fingerprint density at radius 2 is 1.70 bits per heavy atom. The predicted molar refractivity (Wildman–Crippen MR) is 132 cm³/mol.